The van der Waals surface area contributed by atoms with Crippen LogP contribution in [-0.2, 0) is 0 Å². The molecule has 0 unspecified atom stereocenters. The molecule has 0 radical (unpaired) electrons. The molecule has 146 valence electrons. The van der Waals surface area contributed by atoms with Gasteiger partial charge in [0.15, 0.2) is 17.1 Å². The molecular formula is C20H21N3O3S2. The molecule has 1 saturated heterocycles. The van der Waals surface area contributed by atoms with Crippen molar-refractivity contribution in [3.8, 4) is 11.5 Å². The molecule has 6 nitrogen and oxygen atoms in total. The lowest BCUT2D eigenvalue weighted by molar-refractivity contribution is 0.0729. The number of methoxy groups -OCH3 is 1. The number of fused-ring (bicyclic) bond motifs is 1. The molecule has 4 rings (SSSR count). The largest absolute Gasteiger partial charge is 0.493 e. The van der Waals surface area contributed by atoms with Crippen molar-refractivity contribution in [2.24, 2.45) is 0 Å². The average Bonchev–Trinajstić information content (AvgIpc) is 3.37. The first kappa shape index (κ1) is 19.1. The maximum Gasteiger partial charge on any atom is 0.345 e. The lowest BCUT2D eigenvalue weighted by Crippen LogP contribution is -2.10. The van der Waals surface area contributed by atoms with Crippen LogP contribution in [0.2, 0.25) is 0 Å². The van der Waals surface area contributed by atoms with E-state index in [4.69, 9.17) is 9.47 Å². The van der Waals surface area contributed by atoms with Gasteiger partial charge in [-0.2, -0.15) is 5.10 Å². The molecule has 1 aromatic carbocycles. The Morgan fingerprint density at radius 3 is 2.68 bits per heavy atom. The van der Waals surface area contributed by atoms with Crippen molar-refractivity contribution in [2.45, 2.75) is 24.5 Å². The van der Waals surface area contributed by atoms with Crippen molar-refractivity contribution in [1.29, 1.82) is 0 Å². The van der Waals surface area contributed by atoms with Crippen molar-refractivity contribution in [3.05, 3.63) is 47.8 Å². The van der Waals surface area contributed by atoms with Crippen LogP contribution in [0.25, 0.3) is 11.0 Å². The summed E-state index contributed by atoms with van der Waals surface area (Å²) in [4.78, 5) is 17.1. The summed E-state index contributed by atoms with van der Waals surface area (Å²) in [5.74, 6) is 2.79. The molecule has 28 heavy (non-hydrogen) atoms. The number of esters is 1. The van der Waals surface area contributed by atoms with Crippen molar-refractivity contribution in [2.75, 3.05) is 18.6 Å². The highest BCUT2D eigenvalue weighted by Gasteiger charge is 2.21. The highest BCUT2D eigenvalue weighted by molar-refractivity contribution is 8.19. The number of carbonyl (C=O) groups excluding carboxylic acids is 1. The highest BCUT2D eigenvalue weighted by atomic mass is 32.2. The van der Waals surface area contributed by atoms with E-state index in [0.717, 1.165) is 22.5 Å². The summed E-state index contributed by atoms with van der Waals surface area (Å²) in [7, 11) is 1.58. The van der Waals surface area contributed by atoms with Crippen LogP contribution in [0.4, 0.5) is 0 Å². The summed E-state index contributed by atoms with van der Waals surface area (Å²) in [5.41, 5.74) is 2.30. The van der Waals surface area contributed by atoms with Gasteiger partial charge < -0.3 is 9.47 Å². The zero-order valence-corrected chi connectivity index (χ0v) is 17.5. The Balaban J connectivity index is 1.56. The first-order valence-electron chi connectivity index (χ1n) is 9.03. The molecule has 0 aliphatic carbocycles. The van der Waals surface area contributed by atoms with Crippen LogP contribution >= 0.6 is 23.5 Å². The summed E-state index contributed by atoms with van der Waals surface area (Å²) < 4.78 is 13.3. The molecular weight excluding hydrogens is 394 g/mol. The van der Waals surface area contributed by atoms with Crippen LogP contribution in [-0.4, -0.2) is 39.3 Å². The Hall–Kier alpha value is -2.19. The number of carbonyl (C=O) groups is 1. The number of aromatic nitrogens is 3. The Kier molecular flexibility index (Phi) is 5.50. The van der Waals surface area contributed by atoms with E-state index in [1.54, 1.807) is 25.4 Å². The van der Waals surface area contributed by atoms with Crippen LogP contribution in [0.15, 0.2) is 36.7 Å². The maximum absolute atomic E-state index is 12.7. The monoisotopic (exact) mass is 415 g/mol. The Labute approximate surface area is 172 Å². The van der Waals surface area contributed by atoms with Gasteiger partial charge in [0, 0.05) is 29.1 Å². The van der Waals surface area contributed by atoms with Crippen LogP contribution < -0.4 is 9.47 Å². The van der Waals surface area contributed by atoms with Gasteiger partial charge in [0.25, 0.3) is 0 Å². The van der Waals surface area contributed by atoms with Crippen LogP contribution in [0.1, 0.15) is 40.4 Å². The third-order valence-corrected chi connectivity index (χ3v) is 7.55. The number of pyridine rings is 1. The minimum atomic E-state index is -0.470. The first-order valence-corrected chi connectivity index (χ1v) is 11.1. The molecule has 0 atom stereocenters. The van der Waals surface area contributed by atoms with Crippen LogP contribution in [0.3, 0.4) is 0 Å². The third kappa shape index (κ3) is 3.71. The zero-order valence-electron chi connectivity index (χ0n) is 15.9. The van der Waals surface area contributed by atoms with Crippen molar-refractivity contribution in [1.82, 2.24) is 14.8 Å². The van der Waals surface area contributed by atoms with E-state index < -0.39 is 5.97 Å². The fraction of sp³-hybridized carbons (Fsp3) is 0.350. The van der Waals surface area contributed by atoms with Gasteiger partial charge in [0.1, 0.15) is 0 Å². The van der Waals surface area contributed by atoms with Gasteiger partial charge in [-0.15, -0.1) is 23.5 Å². The van der Waals surface area contributed by atoms with Crippen LogP contribution in [0.5, 0.6) is 11.5 Å². The number of rotatable bonds is 5. The van der Waals surface area contributed by atoms with E-state index >= 15 is 0 Å². The fourth-order valence-electron chi connectivity index (χ4n) is 3.05. The Bertz CT molecular complexity index is 1010. The van der Waals surface area contributed by atoms with E-state index in [9.17, 15) is 4.79 Å². The summed E-state index contributed by atoms with van der Waals surface area (Å²) in [6, 6.07) is 7.70. The predicted octanol–water partition coefficient (Wildman–Crippen LogP) is 4.72. The van der Waals surface area contributed by atoms with E-state index in [2.05, 4.69) is 10.1 Å². The molecule has 3 heterocycles. The van der Waals surface area contributed by atoms with Crippen molar-refractivity contribution >= 4 is 40.5 Å². The molecule has 1 aliphatic rings. The minimum Gasteiger partial charge on any atom is -0.493 e. The molecule has 0 N–H and O–H groups in total. The van der Waals surface area contributed by atoms with Gasteiger partial charge in [0.05, 0.1) is 23.5 Å². The molecule has 8 heteroatoms. The number of hydrogen-bond acceptors (Lipinski definition) is 7. The summed E-state index contributed by atoms with van der Waals surface area (Å²) in [5, 5.41) is 5.14. The maximum atomic E-state index is 12.7. The topological polar surface area (TPSA) is 66.2 Å². The molecule has 2 aromatic heterocycles. The summed E-state index contributed by atoms with van der Waals surface area (Å²) >= 11 is 3.84. The Morgan fingerprint density at radius 2 is 1.96 bits per heavy atom. The van der Waals surface area contributed by atoms with E-state index in [0.29, 0.717) is 21.6 Å². The van der Waals surface area contributed by atoms with E-state index in [1.165, 1.54) is 11.8 Å². The molecule has 0 amide bonds. The molecule has 0 bridgehead atoms. The van der Waals surface area contributed by atoms with E-state index in [1.807, 2.05) is 54.2 Å². The second-order valence-electron chi connectivity index (χ2n) is 6.69. The van der Waals surface area contributed by atoms with Crippen LogP contribution in [0, 0.1) is 0 Å². The average molecular weight is 416 g/mol. The lowest BCUT2D eigenvalue weighted by atomic mass is 10.2. The fourth-order valence-corrected chi connectivity index (χ4v) is 5.89. The number of nitrogens with zero attached hydrogens (tertiary/aromatic N) is 3. The van der Waals surface area contributed by atoms with Gasteiger partial charge >= 0.3 is 5.97 Å². The lowest BCUT2D eigenvalue weighted by Gasteiger charge is -2.13. The first-order chi connectivity index (χ1) is 13.6. The molecule has 0 saturated carbocycles. The smallest absolute Gasteiger partial charge is 0.345 e. The zero-order chi connectivity index (χ0) is 19.7. The molecule has 3 aromatic rings. The number of thioether (sulfide) groups is 2. The number of hydrogen-bond donors (Lipinski definition) is 0. The molecule has 1 fully saturated rings. The summed E-state index contributed by atoms with van der Waals surface area (Å²) in [6.45, 7) is 4.07. The van der Waals surface area contributed by atoms with Gasteiger partial charge in [-0.3, -0.25) is 0 Å². The molecule has 1 aliphatic heterocycles. The normalized spacial score (nSPS) is 14.7. The van der Waals surface area contributed by atoms with Gasteiger partial charge in [-0.1, -0.05) is 6.07 Å². The number of benzene rings is 1. The van der Waals surface area contributed by atoms with Crippen molar-refractivity contribution < 1.29 is 14.3 Å². The predicted molar refractivity (Wildman–Crippen MR) is 114 cm³/mol. The minimum absolute atomic E-state index is 0.196. The third-order valence-electron chi connectivity index (χ3n) is 4.44. The number of ether oxygens (including phenoxy) is 2. The second-order valence-corrected chi connectivity index (χ2v) is 9.42. The molecule has 0 spiro atoms. The quantitative estimate of drug-likeness (QED) is 0.441. The SMILES string of the molecule is COc1cc(C2SCCS2)ccc1OC(=O)c1cnc2c(cnn2C(C)C)c1. The Morgan fingerprint density at radius 1 is 1.18 bits per heavy atom. The second kappa shape index (κ2) is 8.05. The van der Waals surface area contributed by atoms with Gasteiger partial charge in [-0.05, 0) is 37.6 Å². The van der Waals surface area contributed by atoms with Crippen molar-refractivity contribution in [3.63, 3.8) is 0 Å². The highest BCUT2D eigenvalue weighted by Crippen LogP contribution is 2.47. The van der Waals surface area contributed by atoms with Gasteiger partial charge in [-0.25, -0.2) is 14.5 Å². The standard InChI is InChI=1S/C20H21N3O3S2/c1-12(2)23-18-14(11-22-23)8-15(10-21-18)19(24)26-16-5-4-13(9-17(16)25-3)20-27-6-7-28-20/h4-5,8-12,20H,6-7H2,1-3H3. The van der Waals surface area contributed by atoms with E-state index in [-0.39, 0.29) is 6.04 Å². The summed E-state index contributed by atoms with van der Waals surface area (Å²) in [6.07, 6.45) is 3.24. The van der Waals surface area contributed by atoms with Gasteiger partial charge in [0.2, 0.25) is 0 Å².